The van der Waals surface area contributed by atoms with E-state index in [1.54, 1.807) is 6.07 Å². The molecule has 0 radical (unpaired) electrons. The Hall–Kier alpha value is -1.81. The molecule has 1 unspecified atom stereocenters. The monoisotopic (exact) mass is 261 g/mol. The Morgan fingerprint density at radius 2 is 2.21 bits per heavy atom. The molecular formula is C15H19NO3. The summed E-state index contributed by atoms with van der Waals surface area (Å²) in [6, 6.07) is 7.60. The number of aliphatic hydroxyl groups excluding tert-OH is 1. The fraction of sp³-hybridized carbons (Fsp3) is 0.400. The highest BCUT2D eigenvalue weighted by Gasteiger charge is 2.14. The average molecular weight is 261 g/mol. The Bertz CT molecular complexity index is 574. The summed E-state index contributed by atoms with van der Waals surface area (Å²) in [6.07, 6.45) is 1.43. The van der Waals surface area contributed by atoms with E-state index in [-0.39, 0.29) is 18.6 Å². The number of hydrogen-bond donors (Lipinski definition) is 2. The number of fused-ring (bicyclic) bond motifs is 1. The van der Waals surface area contributed by atoms with Crippen molar-refractivity contribution in [2.24, 2.45) is 0 Å². The first-order chi connectivity index (χ1) is 9.10. The third kappa shape index (κ3) is 3.35. The molecule has 0 saturated heterocycles. The third-order valence-electron chi connectivity index (χ3n) is 3.07. The van der Waals surface area contributed by atoms with Crippen LogP contribution in [0.1, 0.15) is 35.9 Å². The van der Waals surface area contributed by atoms with E-state index in [2.05, 4.69) is 5.32 Å². The van der Waals surface area contributed by atoms with Gasteiger partial charge in [-0.15, -0.1) is 0 Å². The molecule has 1 aromatic carbocycles. The number of nitrogens with one attached hydrogen (secondary N) is 1. The average Bonchev–Trinajstić information content (AvgIpc) is 2.79. The van der Waals surface area contributed by atoms with E-state index >= 15 is 0 Å². The number of amides is 1. The van der Waals surface area contributed by atoms with E-state index in [1.165, 1.54) is 0 Å². The van der Waals surface area contributed by atoms with Gasteiger partial charge in [-0.1, -0.05) is 11.6 Å². The van der Waals surface area contributed by atoms with Crippen molar-refractivity contribution in [3.63, 3.8) is 0 Å². The van der Waals surface area contributed by atoms with E-state index in [1.807, 2.05) is 32.0 Å². The molecule has 0 spiro atoms. The highest BCUT2D eigenvalue weighted by Crippen LogP contribution is 2.20. The Kier molecular flexibility index (Phi) is 4.22. The fourth-order valence-corrected chi connectivity index (χ4v) is 2.04. The minimum atomic E-state index is -0.209. The first kappa shape index (κ1) is 13.6. The maximum Gasteiger partial charge on any atom is 0.287 e. The molecule has 0 bridgehead atoms. The van der Waals surface area contributed by atoms with Crippen molar-refractivity contribution in [2.45, 2.75) is 32.7 Å². The molecule has 0 saturated carbocycles. The van der Waals surface area contributed by atoms with Gasteiger partial charge in [0.25, 0.3) is 5.91 Å². The van der Waals surface area contributed by atoms with E-state index in [0.717, 1.165) is 23.0 Å². The molecule has 1 amide bonds. The molecule has 102 valence electrons. The first-order valence-electron chi connectivity index (χ1n) is 6.52. The van der Waals surface area contributed by atoms with Crippen LogP contribution in [-0.2, 0) is 0 Å². The number of aliphatic hydroxyl groups is 1. The highest BCUT2D eigenvalue weighted by atomic mass is 16.3. The molecule has 1 heterocycles. The van der Waals surface area contributed by atoms with Gasteiger partial charge in [-0.25, -0.2) is 0 Å². The number of furan rings is 1. The van der Waals surface area contributed by atoms with Crippen molar-refractivity contribution in [1.82, 2.24) is 5.32 Å². The highest BCUT2D eigenvalue weighted by molar-refractivity contribution is 5.96. The Labute approximate surface area is 112 Å². The summed E-state index contributed by atoms with van der Waals surface area (Å²) in [5.74, 6) is 0.121. The maximum absolute atomic E-state index is 12.0. The normalized spacial score (nSPS) is 12.6. The van der Waals surface area contributed by atoms with Gasteiger partial charge in [-0.3, -0.25) is 4.79 Å². The van der Waals surface area contributed by atoms with Crippen LogP contribution in [0.2, 0.25) is 0 Å². The zero-order valence-corrected chi connectivity index (χ0v) is 11.3. The fourth-order valence-electron chi connectivity index (χ4n) is 2.04. The molecule has 0 aliphatic heterocycles. The van der Waals surface area contributed by atoms with Gasteiger partial charge in [-0.05, 0) is 44.9 Å². The van der Waals surface area contributed by atoms with Crippen LogP contribution in [0.15, 0.2) is 28.7 Å². The Morgan fingerprint density at radius 3 is 2.95 bits per heavy atom. The van der Waals surface area contributed by atoms with Crippen molar-refractivity contribution < 1.29 is 14.3 Å². The van der Waals surface area contributed by atoms with Gasteiger partial charge in [0.05, 0.1) is 0 Å². The van der Waals surface area contributed by atoms with Gasteiger partial charge in [0.2, 0.25) is 0 Å². The summed E-state index contributed by atoms with van der Waals surface area (Å²) in [7, 11) is 0. The van der Waals surface area contributed by atoms with Crippen LogP contribution in [0, 0.1) is 6.92 Å². The molecule has 1 aromatic heterocycles. The van der Waals surface area contributed by atoms with E-state index in [9.17, 15) is 4.79 Å². The number of rotatable bonds is 5. The van der Waals surface area contributed by atoms with Crippen LogP contribution in [0.25, 0.3) is 11.0 Å². The first-order valence-corrected chi connectivity index (χ1v) is 6.52. The van der Waals surface area contributed by atoms with Crippen LogP contribution in [0.4, 0.5) is 0 Å². The lowest BCUT2D eigenvalue weighted by molar-refractivity contribution is 0.0910. The molecule has 0 fully saturated rings. The van der Waals surface area contributed by atoms with Gasteiger partial charge in [0, 0.05) is 18.0 Å². The van der Waals surface area contributed by atoms with Crippen molar-refractivity contribution in [3.05, 3.63) is 35.6 Å². The van der Waals surface area contributed by atoms with Crippen molar-refractivity contribution >= 4 is 16.9 Å². The lowest BCUT2D eigenvalue weighted by atomic mass is 10.1. The Balaban J connectivity index is 2.08. The lowest BCUT2D eigenvalue weighted by Crippen LogP contribution is -2.32. The molecule has 2 N–H and O–H groups in total. The Morgan fingerprint density at radius 1 is 1.42 bits per heavy atom. The van der Waals surface area contributed by atoms with Crippen LogP contribution >= 0.6 is 0 Å². The SMILES string of the molecule is Cc1ccc2oc(C(=O)NC(C)CCCO)cc2c1. The van der Waals surface area contributed by atoms with Crippen molar-refractivity contribution in [1.29, 1.82) is 0 Å². The summed E-state index contributed by atoms with van der Waals surface area (Å²) < 4.78 is 5.53. The van der Waals surface area contributed by atoms with Gasteiger partial charge in [0.15, 0.2) is 5.76 Å². The number of benzene rings is 1. The summed E-state index contributed by atoms with van der Waals surface area (Å²) in [6.45, 7) is 4.06. The van der Waals surface area contributed by atoms with Gasteiger partial charge in [-0.2, -0.15) is 0 Å². The summed E-state index contributed by atoms with van der Waals surface area (Å²) in [4.78, 5) is 12.0. The molecule has 0 aliphatic carbocycles. The largest absolute Gasteiger partial charge is 0.451 e. The number of carbonyl (C=O) groups excluding carboxylic acids is 1. The maximum atomic E-state index is 12.0. The number of hydrogen-bond acceptors (Lipinski definition) is 3. The lowest BCUT2D eigenvalue weighted by Gasteiger charge is -2.11. The molecule has 0 aliphatic rings. The number of aryl methyl sites for hydroxylation is 1. The molecule has 4 nitrogen and oxygen atoms in total. The second kappa shape index (κ2) is 5.89. The summed E-state index contributed by atoms with van der Waals surface area (Å²) in [5.41, 5.74) is 1.86. The summed E-state index contributed by atoms with van der Waals surface area (Å²) >= 11 is 0. The van der Waals surface area contributed by atoms with Gasteiger partial charge >= 0.3 is 0 Å². The second-order valence-corrected chi connectivity index (χ2v) is 4.89. The topological polar surface area (TPSA) is 62.5 Å². The molecule has 2 aromatic rings. The predicted molar refractivity (Wildman–Crippen MR) is 74.2 cm³/mol. The third-order valence-corrected chi connectivity index (χ3v) is 3.07. The van der Waals surface area contributed by atoms with Gasteiger partial charge in [0.1, 0.15) is 5.58 Å². The molecular weight excluding hydrogens is 242 g/mol. The van der Waals surface area contributed by atoms with Crippen LogP contribution < -0.4 is 5.32 Å². The van der Waals surface area contributed by atoms with Gasteiger partial charge < -0.3 is 14.8 Å². The van der Waals surface area contributed by atoms with E-state index in [0.29, 0.717) is 12.2 Å². The van der Waals surface area contributed by atoms with Crippen LogP contribution in [-0.4, -0.2) is 23.7 Å². The smallest absolute Gasteiger partial charge is 0.287 e. The van der Waals surface area contributed by atoms with Crippen LogP contribution in [0.5, 0.6) is 0 Å². The molecule has 2 rings (SSSR count). The van der Waals surface area contributed by atoms with Crippen molar-refractivity contribution in [3.8, 4) is 0 Å². The molecule has 1 atom stereocenters. The summed E-state index contributed by atoms with van der Waals surface area (Å²) in [5, 5.41) is 12.6. The standard InChI is InChI=1S/C15H19NO3/c1-10-5-6-13-12(8-10)9-14(19-13)15(18)16-11(2)4-3-7-17/h5-6,8-9,11,17H,3-4,7H2,1-2H3,(H,16,18). The van der Waals surface area contributed by atoms with E-state index < -0.39 is 0 Å². The van der Waals surface area contributed by atoms with Crippen LogP contribution in [0.3, 0.4) is 0 Å². The molecule has 19 heavy (non-hydrogen) atoms. The quantitative estimate of drug-likeness (QED) is 0.869. The minimum absolute atomic E-state index is 0.0228. The zero-order valence-electron chi connectivity index (χ0n) is 11.3. The molecule has 4 heteroatoms. The minimum Gasteiger partial charge on any atom is -0.451 e. The number of carbonyl (C=O) groups is 1. The van der Waals surface area contributed by atoms with Crippen molar-refractivity contribution in [2.75, 3.05) is 6.61 Å². The zero-order chi connectivity index (χ0) is 13.8. The predicted octanol–water partition coefficient (Wildman–Crippen LogP) is 2.63. The second-order valence-electron chi connectivity index (χ2n) is 4.89. The van der Waals surface area contributed by atoms with E-state index in [4.69, 9.17) is 9.52 Å².